The molecule has 0 bridgehead atoms. The van der Waals surface area contributed by atoms with E-state index in [-0.39, 0.29) is 22.7 Å². The Morgan fingerprint density at radius 1 is 1.43 bits per heavy atom. The van der Waals surface area contributed by atoms with Gasteiger partial charge in [-0.15, -0.1) is 0 Å². The molecule has 1 aromatic carbocycles. The lowest BCUT2D eigenvalue weighted by Crippen LogP contribution is -2.44. The molecule has 3 atom stereocenters. The molecule has 0 amide bonds. The van der Waals surface area contributed by atoms with Gasteiger partial charge in [0.2, 0.25) is 10.0 Å². The predicted octanol–water partition coefficient (Wildman–Crippen LogP) is 2.27. The van der Waals surface area contributed by atoms with Crippen molar-refractivity contribution in [2.75, 3.05) is 26.8 Å². The van der Waals surface area contributed by atoms with Crippen LogP contribution in [0.3, 0.4) is 0 Å². The maximum atomic E-state index is 13.8. The predicted molar refractivity (Wildman–Crippen MR) is 83.3 cm³/mol. The number of rotatable bonds is 4. The zero-order valence-corrected chi connectivity index (χ0v) is 14.2. The van der Waals surface area contributed by atoms with Crippen LogP contribution in [0, 0.1) is 17.7 Å². The molecule has 0 saturated carbocycles. The maximum absolute atomic E-state index is 13.8. The van der Waals surface area contributed by atoms with Gasteiger partial charge in [0, 0.05) is 19.0 Å². The summed E-state index contributed by atoms with van der Waals surface area (Å²) in [6, 6.07) is 3.77. The van der Waals surface area contributed by atoms with E-state index in [0.717, 1.165) is 18.9 Å². The van der Waals surface area contributed by atoms with Crippen LogP contribution in [-0.4, -0.2) is 45.6 Å². The van der Waals surface area contributed by atoms with E-state index in [1.54, 1.807) is 0 Å². The number of nitrogens with zero attached hydrogens (tertiary/aromatic N) is 1. The molecule has 0 spiro atoms. The second kappa shape index (κ2) is 6.37. The molecule has 2 fully saturated rings. The van der Waals surface area contributed by atoms with Crippen LogP contribution in [-0.2, 0) is 14.8 Å². The largest absolute Gasteiger partial charge is 0.494 e. The highest BCUT2D eigenvalue weighted by atomic mass is 32.2. The molecule has 1 aromatic rings. The quantitative estimate of drug-likeness (QED) is 0.842. The smallest absolute Gasteiger partial charge is 0.243 e. The molecule has 2 heterocycles. The Morgan fingerprint density at radius 3 is 2.87 bits per heavy atom. The van der Waals surface area contributed by atoms with Crippen LogP contribution in [0.2, 0.25) is 0 Å². The second-order valence-electron chi connectivity index (χ2n) is 6.15. The summed E-state index contributed by atoms with van der Waals surface area (Å²) in [7, 11) is -2.34. The molecule has 5 nitrogen and oxygen atoms in total. The van der Waals surface area contributed by atoms with Crippen molar-refractivity contribution in [3.05, 3.63) is 24.0 Å². The van der Waals surface area contributed by atoms with E-state index in [2.05, 4.69) is 6.92 Å². The van der Waals surface area contributed by atoms with Gasteiger partial charge in [-0.05, 0) is 37.0 Å². The number of ether oxygens (including phenoxy) is 2. The molecule has 0 aromatic heterocycles. The molecule has 2 aliphatic heterocycles. The van der Waals surface area contributed by atoms with Gasteiger partial charge in [-0.1, -0.05) is 6.92 Å². The monoisotopic (exact) mass is 343 g/mol. The Balaban J connectivity index is 1.80. The van der Waals surface area contributed by atoms with E-state index in [0.29, 0.717) is 25.6 Å². The van der Waals surface area contributed by atoms with E-state index in [4.69, 9.17) is 9.47 Å². The van der Waals surface area contributed by atoms with Crippen LogP contribution < -0.4 is 4.74 Å². The number of hydrogen-bond donors (Lipinski definition) is 0. The van der Waals surface area contributed by atoms with E-state index in [1.165, 1.54) is 23.5 Å². The summed E-state index contributed by atoms with van der Waals surface area (Å²) in [6.07, 6.45) is 1.99. The lowest BCUT2D eigenvalue weighted by atomic mass is 9.84. The minimum Gasteiger partial charge on any atom is -0.494 e. The van der Waals surface area contributed by atoms with E-state index < -0.39 is 15.8 Å². The fourth-order valence-electron chi connectivity index (χ4n) is 3.65. The Bertz CT molecular complexity index is 679. The third kappa shape index (κ3) is 2.97. The molecule has 2 aliphatic rings. The topological polar surface area (TPSA) is 55.8 Å². The van der Waals surface area contributed by atoms with Crippen molar-refractivity contribution in [2.45, 2.75) is 30.8 Å². The summed E-state index contributed by atoms with van der Waals surface area (Å²) >= 11 is 0. The van der Waals surface area contributed by atoms with Gasteiger partial charge < -0.3 is 9.47 Å². The molecular formula is C16H22FNO4S. The Hall–Kier alpha value is -1.18. The molecule has 0 aliphatic carbocycles. The van der Waals surface area contributed by atoms with Gasteiger partial charge in [0.05, 0.1) is 24.7 Å². The van der Waals surface area contributed by atoms with Crippen molar-refractivity contribution in [3.63, 3.8) is 0 Å². The van der Waals surface area contributed by atoms with Crippen LogP contribution in [0.25, 0.3) is 0 Å². The van der Waals surface area contributed by atoms with Crippen LogP contribution in [0.1, 0.15) is 19.8 Å². The van der Waals surface area contributed by atoms with Crippen LogP contribution >= 0.6 is 0 Å². The Labute approximate surface area is 136 Å². The summed E-state index contributed by atoms with van der Waals surface area (Å²) in [6.45, 7) is 3.59. The molecule has 0 unspecified atom stereocenters. The lowest BCUT2D eigenvalue weighted by Gasteiger charge is -2.34. The molecule has 128 valence electrons. The number of hydrogen-bond acceptors (Lipinski definition) is 4. The van der Waals surface area contributed by atoms with Gasteiger partial charge in [-0.2, -0.15) is 4.31 Å². The van der Waals surface area contributed by atoms with Crippen molar-refractivity contribution >= 4 is 10.0 Å². The van der Waals surface area contributed by atoms with Crippen molar-refractivity contribution in [2.24, 2.45) is 11.8 Å². The summed E-state index contributed by atoms with van der Waals surface area (Å²) < 4.78 is 51.4. The number of sulfonamides is 1. The van der Waals surface area contributed by atoms with Gasteiger partial charge in [-0.25, -0.2) is 12.8 Å². The normalized spacial score (nSPS) is 28.6. The van der Waals surface area contributed by atoms with Crippen LogP contribution in [0.4, 0.5) is 4.39 Å². The molecule has 0 N–H and O–H groups in total. The first-order valence-corrected chi connectivity index (χ1v) is 9.36. The molecule has 7 heteroatoms. The second-order valence-corrected chi connectivity index (χ2v) is 8.09. The highest BCUT2D eigenvalue weighted by Gasteiger charge is 2.42. The summed E-state index contributed by atoms with van der Waals surface area (Å²) in [4.78, 5) is -0.0276. The maximum Gasteiger partial charge on any atom is 0.243 e. The van der Waals surface area contributed by atoms with E-state index in [9.17, 15) is 12.8 Å². The third-order valence-electron chi connectivity index (χ3n) is 4.92. The number of piperidine rings is 1. The van der Waals surface area contributed by atoms with E-state index >= 15 is 0 Å². The standard InChI is InChI=1S/C16H22FNO4S/c1-3-15-13-6-7-18(9-11(13)10-22-15)23(19,20)12-4-5-16(21-2)14(17)8-12/h4-5,8,11,13,15H,3,6-7,9-10H2,1-2H3/t11-,13-,15-/m1/s1. The van der Waals surface area contributed by atoms with Crippen molar-refractivity contribution in [3.8, 4) is 5.75 Å². The third-order valence-corrected chi connectivity index (χ3v) is 6.78. The molecule has 2 saturated heterocycles. The first-order valence-electron chi connectivity index (χ1n) is 7.92. The Morgan fingerprint density at radius 2 is 2.22 bits per heavy atom. The first-order chi connectivity index (χ1) is 11.0. The van der Waals surface area contributed by atoms with Crippen molar-refractivity contribution in [1.29, 1.82) is 0 Å². The number of halogens is 1. The van der Waals surface area contributed by atoms with Crippen LogP contribution in [0.15, 0.2) is 23.1 Å². The Kier molecular flexibility index (Phi) is 4.62. The average molecular weight is 343 g/mol. The van der Waals surface area contributed by atoms with E-state index in [1.807, 2.05) is 0 Å². The number of fused-ring (bicyclic) bond motifs is 1. The highest BCUT2D eigenvalue weighted by molar-refractivity contribution is 7.89. The SMILES string of the molecule is CC[C@H]1OC[C@H]2CN(S(=O)(=O)c3ccc(OC)c(F)c3)CC[C@H]21. The fraction of sp³-hybridized carbons (Fsp3) is 0.625. The molecule has 0 radical (unpaired) electrons. The lowest BCUT2D eigenvalue weighted by molar-refractivity contribution is 0.0850. The molecule has 3 rings (SSSR count). The van der Waals surface area contributed by atoms with Crippen molar-refractivity contribution in [1.82, 2.24) is 4.31 Å². The van der Waals surface area contributed by atoms with Gasteiger partial charge >= 0.3 is 0 Å². The number of benzene rings is 1. The van der Waals surface area contributed by atoms with Crippen molar-refractivity contribution < 1.29 is 22.3 Å². The fourth-order valence-corrected chi connectivity index (χ4v) is 5.17. The minimum absolute atomic E-state index is 0.0276. The minimum atomic E-state index is -3.69. The summed E-state index contributed by atoms with van der Waals surface area (Å²) in [5, 5.41) is 0. The zero-order chi connectivity index (χ0) is 16.6. The number of methoxy groups -OCH3 is 1. The molecule has 23 heavy (non-hydrogen) atoms. The first kappa shape index (κ1) is 16.7. The van der Waals surface area contributed by atoms with Crippen LogP contribution in [0.5, 0.6) is 5.75 Å². The highest BCUT2D eigenvalue weighted by Crippen LogP contribution is 2.37. The average Bonchev–Trinajstić information content (AvgIpc) is 2.97. The van der Waals surface area contributed by atoms with Gasteiger partial charge in [0.25, 0.3) is 0 Å². The van der Waals surface area contributed by atoms with Gasteiger partial charge in [0.1, 0.15) is 0 Å². The summed E-state index contributed by atoms with van der Waals surface area (Å²) in [5.41, 5.74) is 0. The zero-order valence-electron chi connectivity index (χ0n) is 13.4. The van der Waals surface area contributed by atoms with Gasteiger partial charge in [-0.3, -0.25) is 0 Å². The molecular weight excluding hydrogens is 321 g/mol. The van der Waals surface area contributed by atoms with Gasteiger partial charge in [0.15, 0.2) is 11.6 Å². The summed E-state index contributed by atoms with van der Waals surface area (Å²) in [5.74, 6) is 0.0296.